The number of amides is 1. The number of aromatic nitrogens is 1. The Balaban J connectivity index is 2.20. The lowest BCUT2D eigenvalue weighted by Gasteiger charge is -2.18. The third-order valence-corrected chi connectivity index (χ3v) is 3.59. The maximum atomic E-state index is 14.2. The first kappa shape index (κ1) is 16.1. The first-order valence-electron chi connectivity index (χ1n) is 7.25. The fourth-order valence-electron chi connectivity index (χ4n) is 2.54. The highest BCUT2D eigenvalue weighted by molar-refractivity contribution is 5.83. The summed E-state index contributed by atoms with van der Waals surface area (Å²) in [6.45, 7) is 0.883. The maximum absolute atomic E-state index is 14.2. The molecule has 0 bridgehead atoms. The van der Waals surface area contributed by atoms with Crippen molar-refractivity contribution in [3.8, 4) is 16.9 Å². The van der Waals surface area contributed by atoms with Crippen LogP contribution in [0.5, 0.6) is 5.75 Å². The van der Waals surface area contributed by atoms with E-state index < -0.39 is 17.7 Å². The molecule has 1 aromatic heterocycles. The van der Waals surface area contributed by atoms with E-state index in [1.165, 1.54) is 12.3 Å². The largest absolute Gasteiger partial charge is 0.410 e. The number of halogens is 2. The highest BCUT2D eigenvalue weighted by Crippen LogP contribution is 2.38. The summed E-state index contributed by atoms with van der Waals surface area (Å²) in [4.78, 5) is 15.5. The molecule has 0 spiro atoms. The maximum Gasteiger partial charge on any atom is 0.410 e. The molecule has 5 nitrogen and oxygen atoms in total. The Morgan fingerprint density at radius 1 is 1.25 bits per heavy atom. The van der Waals surface area contributed by atoms with Gasteiger partial charge in [-0.25, -0.2) is 13.6 Å². The molecule has 2 heterocycles. The van der Waals surface area contributed by atoms with Gasteiger partial charge in [0.25, 0.3) is 0 Å². The number of pyridine rings is 1. The van der Waals surface area contributed by atoms with Crippen molar-refractivity contribution >= 4 is 11.7 Å². The Bertz CT molecular complexity index is 821. The van der Waals surface area contributed by atoms with Crippen molar-refractivity contribution in [1.82, 2.24) is 4.98 Å². The van der Waals surface area contributed by atoms with Gasteiger partial charge in [-0.3, -0.25) is 4.98 Å². The molecule has 1 amide bonds. The Kier molecular flexibility index (Phi) is 4.52. The summed E-state index contributed by atoms with van der Waals surface area (Å²) < 4.78 is 38.0. The van der Waals surface area contributed by atoms with Crippen molar-refractivity contribution in [1.29, 1.82) is 0 Å². The molecule has 1 aliphatic heterocycles. The van der Waals surface area contributed by atoms with E-state index in [1.807, 2.05) is 0 Å². The molecule has 24 heavy (non-hydrogen) atoms. The van der Waals surface area contributed by atoms with Gasteiger partial charge in [0.15, 0.2) is 5.75 Å². The number of primary amides is 1. The molecule has 1 aliphatic rings. The zero-order valence-corrected chi connectivity index (χ0v) is 12.6. The monoisotopic (exact) mass is 332 g/mol. The van der Waals surface area contributed by atoms with Crippen LogP contribution in [-0.2, 0) is 4.74 Å². The van der Waals surface area contributed by atoms with E-state index in [2.05, 4.69) is 4.98 Å². The van der Waals surface area contributed by atoms with Crippen molar-refractivity contribution in [2.75, 3.05) is 13.2 Å². The lowest BCUT2D eigenvalue weighted by atomic mass is 9.99. The van der Waals surface area contributed by atoms with E-state index in [-0.39, 0.29) is 16.9 Å². The fraction of sp³-hybridized carbons (Fsp3) is 0.176. The van der Waals surface area contributed by atoms with Crippen LogP contribution >= 0.6 is 0 Å². The van der Waals surface area contributed by atoms with E-state index in [0.717, 1.165) is 23.8 Å². The smallest absolute Gasteiger partial charge is 0.407 e. The van der Waals surface area contributed by atoms with Crippen LogP contribution in [0.3, 0.4) is 0 Å². The highest BCUT2D eigenvalue weighted by atomic mass is 19.1. The van der Waals surface area contributed by atoms with Crippen molar-refractivity contribution in [3.05, 3.63) is 53.9 Å². The van der Waals surface area contributed by atoms with Crippen LogP contribution in [0.4, 0.5) is 13.6 Å². The van der Waals surface area contributed by atoms with E-state index in [1.54, 1.807) is 6.08 Å². The van der Waals surface area contributed by atoms with Gasteiger partial charge in [0.1, 0.15) is 17.3 Å². The molecule has 1 aromatic carbocycles. The number of hydrogen-bond acceptors (Lipinski definition) is 4. The van der Waals surface area contributed by atoms with Crippen molar-refractivity contribution < 1.29 is 23.0 Å². The van der Waals surface area contributed by atoms with Crippen LogP contribution in [0, 0.1) is 11.6 Å². The van der Waals surface area contributed by atoms with Crippen LogP contribution in [0.15, 0.2) is 36.5 Å². The Morgan fingerprint density at radius 2 is 2.08 bits per heavy atom. The highest BCUT2D eigenvalue weighted by Gasteiger charge is 2.21. The van der Waals surface area contributed by atoms with Gasteiger partial charge in [0.05, 0.1) is 13.2 Å². The van der Waals surface area contributed by atoms with Crippen LogP contribution in [-0.4, -0.2) is 24.3 Å². The minimum absolute atomic E-state index is 0.00245. The van der Waals surface area contributed by atoms with Gasteiger partial charge in [0.2, 0.25) is 0 Å². The Labute approximate surface area is 136 Å². The molecular weight excluding hydrogens is 318 g/mol. The third kappa shape index (κ3) is 3.26. The van der Waals surface area contributed by atoms with Crippen LogP contribution < -0.4 is 10.5 Å². The Hall–Kier alpha value is -2.80. The van der Waals surface area contributed by atoms with Crippen LogP contribution in [0.25, 0.3) is 16.7 Å². The number of nitrogens with two attached hydrogens (primary N) is 1. The quantitative estimate of drug-likeness (QED) is 0.936. The molecule has 3 rings (SSSR count). The van der Waals surface area contributed by atoms with Gasteiger partial charge in [0, 0.05) is 17.3 Å². The molecule has 2 aromatic rings. The van der Waals surface area contributed by atoms with Crippen LogP contribution in [0.2, 0.25) is 0 Å². The molecule has 0 unspecified atom stereocenters. The number of benzene rings is 1. The molecule has 0 aliphatic carbocycles. The third-order valence-electron chi connectivity index (χ3n) is 3.59. The van der Waals surface area contributed by atoms with Gasteiger partial charge >= 0.3 is 6.09 Å². The second-order valence-electron chi connectivity index (χ2n) is 5.14. The first-order valence-corrected chi connectivity index (χ1v) is 7.25. The molecule has 0 fully saturated rings. The van der Waals surface area contributed by atoms with E-state index >= 15 is 0 Å². The minimum Gasteiger partial charge on any atom is -0.407 e. The van der Waals surface area contributed by atoms with Crippen LogP contribution in [0.1, 0.15) is 12.1 Å². The lowest BCUT2D eigenvalue weighted by molar-refractivity contribution is 0.161. The summed E-state index contributed by atoms with van der Waals surface area (Å²) in [5.74, 6) is -1.26. The topological polar surface area (TPSA) is 74.4 Å². The number of hydrogen-bond donors (Lipinski definition) is 1. The lowest BCUT2D eigenvalue weighted by Crippen LogP contribution is -2.18. The molecule has 2 N–H and O–H groups in total. The predicted octanol–water partition coefficient (Wildman–Crippen LogP) is 3.29. The molecule has 0 saturated heterocycles. The Morgan fingerprint density at radius 3 is 2.79 bits per heavy atom. The number of carbonyl (C=O) groups is 1. The normalized spacial score (nSPS) is 14.2. The SMILES string of the molecule is NC(=O)Oc1c(-c2cc(F)ccc2F)ccnc1C1=CCOCC1. The van der Waals surface area contributed by atoms with E-state index in [0.29, 0.717) is 25.3 Å². The van der Waals surface area contributed by atoms with Gasteiger partial charge in [-0.05, 0) is 36.3 Å². The summed E-state index contributed by atoms with van der Waals surface area (Å²) in [5.41, 5.74) is 6.44. The number of carbonyl (C=O) groups excluding carboxylic acids is 1. The molecule has 0 saturated carbocycles. The number of ether oxygens (including phenoxy) is 2. The summed E-state index contributed by atoms with van der Waals surface area (Å²) >= 11 is 0. The average Bonchev–Trinajstić information content (AvgIpc) is 2.58. The molecule has 0 atom stereocenters. The summed E-state index contributed by atoms with van der Waals surface area (Å²) in [5, 5.41) is 0. The van der Waals surface area contributed by atoms with Crippen molar-refractivity contribution in [2.45, 2.75) is 6.42 Å². The molecule has 124 valence electrons. The van der Waals surface area contributed by atoms with E-state index in [4.69, 9.17) is 15.2 Å². The van der Waals surface area contributed by atoms with Gasteiger partial charge < -0.3 is 15.2 Å². The molecule has 7 heteroatoms. The van der Waals surface area contributed by atoms with Gasteiger partial charge in [-0.1, -0.05) is 6.08 Å². The fourth-order valence-corrected chi connectivity index (χ4v) is 2.54. The van der Waals surface area contributed by atoms with Crippen molar-refractivity contribution in [2.24, 2.45) is 5.73 Å². The minimum atomic E-state index is -1.06. The van der Waals surface area contributed by atoms with E-state index in [9.17, 15) is 13.6 Å². The number of nitrogens with zero attached hydrogens (tertiary/aromatic N) is 1. The predicted molar refractivity (Wildman–Crippen MR) is 83.2 cm³/mol. The number of rotatable bonds is 3. The van der Waals surface area contributed by atoms with Crippen molar-refractivity contribution in [3.63, 3.8) is 0 Å². The standard InChI is InChI=1S/C17H14F2N2O3/c18-11-1-2-14(19)13(9-11)12-3-6-21-15(16(12)24-17(20)22)10-4-7-23-8-5-10/h1-4,6,9H,5,7-8H2,(H2,20,22). The summed E-state index contributed by atoms with van der Waals surface area (Å²) in [6, 6.07) is 4.49. The first-order chi connectivity index (χ1) is 11.6. The second-order valence-corrected chi connectivity index (χ2v) is 5.14. The second kappa shape index (κ2) is 6.76. The van der Waals surface area contributed by atoms with Gasteiger partial charge in [-0.2, -0.15) is 0 Å². The average molecular weight is 332 g/mol. The van der Waals surface area contributed by atoms with Gasteiger partial charge in [-0.15, -0.1) is 0 Å². The zero-order valence-electron chi connectivity index (χ0n) is 12.6. The molecule has 0 radical (unpaired) electrons. The summed E-state index contributed by atoms with van der Waals surface area (Å²) in [6.07, 6.45) is 2.73. The zero-order chi connectivity index (χ0) is 17.1. The molecular formula is C17H14F2N2O3. The summed E-state index contributed by atoms with van der Waals surface area (Å²) in [7, 11) is 0.